The predicted molar refractivity (Wildman–Crippen MR) is 75.1 cm³/mol. The summed E-state index contributed by atoms with van der Waals surface area (Å²) in [4.78, 5) is 15.5. The normalized spacial score (nSPS) is 13.2. The van der Waals surface area contributed by atoms with E-state index in [0.29, 0.717) is 17.3 Å². The van der Waals surface area contributed by atoms with E-state index in [-0.39, 0.29) is 12.5 Å². The van der Waals surface area contributed by atoms with E-state index in [9.17, 15) is 4.79 Å². The van der Waals surface area contributed by atoms with Crippen molar-refractivity contribution in [3.05, 3.63) is 36.0 Å². The number of pyridine rings is 1. The zero-order valence-corrected chi connectivity index (χ0v) is 11.3. The van der Waals surface area contributed by atoms with Crippen molar-refractivity contribution < 1.29 is 14.3 Å². The van der Waals surface area contributed by atoms with Crippen LogP contribution in [0.1, 0.15) is 5.56 Å². The molecule has 3 rings (SSSR count). The van der Waals surface area contributed by atoms with Gasteiger partial charge in [0.2, 0.25) is 5.88 Å². The lowest BCUT2D eigenvalue weighted by molar-refractivity contribution is -0.118. The molecule has 0 saturated carbocycles. The number of carbonyl (C=O) groups excluding carboxylic acids is 1. The van der Waals surface area contributed by atoms with Crippen LogP contribution in [0.5, 0.6) is 11.6 Å². The molecule has 0 bridgehead atoms. The second-order valence-corrected chi connectivity index (χ2v) is 4.59. The number of benzene rings is 1. The lowest BCUT2D eigenvalue weighted by Gasteiger charge is -2.19. The molecule has 0 fully saturated rings. The Labute approximate surface area is 116 Å². The quantitative estimate of drug-likeness (QED) is 0.910. The van der Waals surface area contributed by atoms with Gasteiger partial charge in [-0.05, 0) is 30.2 Å². The molecule has 0 saturated heterocycles. The Bertz CT molecular complexity index is 683. The van der Waals surface area contributed by atoms with Crippen LogP contribution >= 0.6 is 0 Å². The van der Waals surface area contributed by atoms with Crippen LogP contribution in [0.2, 0.25) is 0 Å². The molecule has 0 atom stereocenters. The fraction of sp³-hybridized carbons (Fsp3) is 0.200. The number of carbonyl (C=O) groups is 1. The first-order valence-corrected chi connectivity index (χ1v) is 6.25. The molecule has 5 heteroatoms. The highest BCUT2D eigenvalue weighted by Crippen LogP contribution is 2.34. The second kappa shape index (κ2) is 4.85. The minimum atomic E-state index is -0.132. The van der Waals surface area contributed by atoms with Gasteiger partial charge in [-0.3, -0.25) is 4.79 Å². The Morgan fingerprint density at radius 2 is 2.20 bits per heavy atom. The molecule has 1 aromatic heterocycles. The van der Waals surface area contributed by atoms with E-state index in [2.05, 4.69) is 10.3 Å². The van der Waals surface area contributed by atoms with Crippen molar-refractivity contribution in [2.45, 2.75) is 6.92 Å². The Kier molecular flexibility index (Phi) is 3.02. The molecule has 1 amide bonds. The first-order chi connectivity index (χ1) is 9.67. The largest absolute Gasteiger partial charge is 0.482 e. The topological polar surface area (TPSA) is 60.5 Å². The summed E-state index contributed by atoms with van der Waals surface area (Å²) in [6.45, 7) is 2.05. The van der Waals surface area contributed by atoms with Gasteiger partial charge in [-0.25, -0.2) is 4.98 Å². The van der Waals surface area contributed by atoms with E-state index in [1.807, 2.05) is 31.2 Å². The highest BCUT2D eigenvalue weighted by Gasteiger charge is 2.16. The minimum absolute atomic E-state index is 0.0519. The standard InChI is InChI=1S/C15H14N2O3/c1-9-5-15(19-2)16-7-11(9)10-3-4-12-13(6-10)20-8-14(18)17-12/h3-7H,8H2,1-2H3,(H,17,18). The van der Waals surface area contributed by atoms with Crippen LogP contribution in [0.15, 0.2) is 30.5 Å². The van der Waals surface area contributed by atoms with Crippen molar-refractivity contribution in [2.75, 3.05) is 19.0 Å². The van der Waals surface area contributed by atoms with Crippen molar-refractivity contribution in [1.82, 2.24) is 4.98 Å². The van der Waals surface area contributed by atoms with Crippen LogP contribution in [0.25, 0.3) is 11.1 Å². The number of rotatable bonds is 2. The third-order valence-electron chi connectivity index (χ3n) is 3.22. The molecule has 0 unspecified atom stereocenters. The third-order valence-corrected chi connectivity index (χ3v) is 3.22. The summed E-state index contributed by atoms with van der Waals surface area (Å²) in [5, 5.41) is 2.77. The maximum atomic E-state index is 11.2. The Morgan fingerprint density at radius 3 is 2.95 bits per heavy atom. The zero-order valence-electron chi connectivity index (χ0n) is 11.3. The number of nitrogens with zero attached hydrogens (tertiary/aromatic N) is 1. The van der Waals surface area contributed by atoms with Crippen LogP contribution in [-0.2, 0) is 4.79 Å². The molecule has 2 aromatic rings. The molecule has 2 heterocycles. The van der Waals surface area contributed by atoms with Gasteiger partial charge in [-0.1, -0.05) is 6.07 Å². The fourth-order valence-corrected chi connectivity index (χ4v) is 2.19. The molecule has 102 valence electrons. The Hall–Kier alpha value is -2.56. The Morgan fingerprint density at radius 1 is 1.35 bits per heavy atom. The molecule has 20 heavy (non-hydrogen) atoms. The van der Waals surface area contributed by atoms with Crippen molar-refractivity contribution >= 4 is 11.6 Å². The zero-order chi connectivity index (χ0) is 14.1. The van der Waals surface area contributed by atoms with E-state index in [1.54, 1.807) is 13.3 Å². The minimum Gasteiger partial charge on any atom is -0.482 e. The molecule has 1 aliphatic heterocycles. The van der Waals surface area contributed by atoms with Crippen LogP contribution in [0.3, 0.4) is 0 Å². The lowest BCUT2D eigenvalue weighted by Crippen LogP contribution is -2.25. The van der Waals surface area contributed by atoms with E-state index in [0.717, 1.165) is 16.7 Å². The molecular formula is C15H14N2O3. The third kappa shape index (κ3) is 2.18. The molecule has 1 N–H and O–H groups in total. The SMILES string of the molecule is COc1cc(C)c(-c2ccc3c(c2)OCC(=O)N3)cn1. The monoisotopic (exact) mass is 270 g/mol. The average molecular weight is 270 g/mol. The van der Waals surface area contributed by atoms with Gasteiger partial charge in [-0.15, -0.1) is 0 Å². The van der Waals surface area contributed by atoms with Crippen molar-refractivity contribution in [3.63, 3.8) is 0 Å². The van der Waals surface area contributed by atoms with Crippen molar-refractivity contribution in [1.29, 1.82) is 0 Å². The van der Waals surface area contributed by atoms with Gasteiger partial charge < -0.3 is 14.8 Å². The van der Waals surface area contributed by atoms with Gasteiger partial charge in [0.25, 0.3) is 5.91 Å². The highest BCUT2D eigenvalue weighted by atomic mass is 16.5. The maximum absolute atomic E-state index is 11.2. The number of amides is 1. The number of fused-ring (bicyclic) bond motifs is 1. The summed E-state index contributed by atoms with van der Waals surface area (Å²) in [5.74, 6) is 1.14. The summed E-state index contributed by atoms with van der Waals surface area (Å²) in [7, 11) is 1.59. The second-order valence-electron chi connectivity index (χ2n) is 4.59. The van der Waals surface area contributed by atoms with Gasteiger partial charge in [-0.2, -0.15) is 0 Å². The summed E-state index contributed by atoms with van der Waals surface area (Å²) >= 11 is 0. The Balaban J connectivity index is 2.01. The maximum Gasteiger partial charge on any atom is 0.262 e. The van der Waals surface area contributed by atoms with Gasteiger partial charge in [0.1, 0.15) is 5.75 Å². The summed E-state index contributed by atoms with van der Waals surface area (Å²) < 4.78 is 10.5. The van der Waals surface area contributed by atoms with Gasteiger partial charge in [0.05, 0.1) is 12.8 Å². The summed E-state index contributed by atoms with van der Waals surface area (Å²) in [5.41, 5.74) is 3.77. The highest BCUT2D eigenvalue weighted by molar-refractivity contribution is 5.96. The van der Waals surface area contributed by atoms with Crippen molar-refractivity contribution in [2.24, 2.45) is 0 Å². The number of ether oxygens (including phenoxy) is 2. The summed E-state index contributed by atoms with van der Waals surface area (Å²) in [6, 6.07) is 7.57. The summed E-state index contributed by atoms with van der Waals surface area (Å²) in [6.07, 6.45) is 1.78. The smallest absolute Gasteiger partial charge is 0.262 e. The molecule has 1 aliphatic rings. The molecule has 0 radical (unpaired) electrons. The number of nitrogens with one attached hydrogen (secondary N) is 1. The predicted octanol–water partition coefficient (Wildman–Crippen LogP) is 2.40. The number of aryl methyl sites for hydroxylation is 1. The lowest BCUT2D eigenvalue weighted by atomic mass is 10.0. The number of methoxy groups -OCH3 is 1. The molecule has 0 spiro atoms. The molecule has 0 aliphatic carbocycles. The molecule has 5 nitrogen and oxygen atoms in total. The van der Waals surface area contributed by atoms with Crippen LogP contribution in [0, 0.1) is 6.92 Å². The number of hydrogen-bond donors (Lipinski definition) is 1. The fourth-order valence-electron chi connectivity index (χ4n) is 2.19. The van der Waals surface area contributed by atoms with E-state index >= 15 is 0 Å². The number of hydrogen-bond acceptors (Lipinski definition) is 4. The average Bonchev–Trinajstić information content (AvgIpc) is 2.46. The molecular weight excluding hydrogens is 256 g/mol. The van der Waals surface area contributed by atoms with Crippen LogP contribution in [-0.4, -0.2) is 24.6 Å². The number of aromatic nitrogens is 1. The van der Waals surface area contributed by atoms with E-state index in [1.165, 1.54) is 0 Å². The first kappa shape index (κ1) is 12.5. The van der Waals surface area contributed by atoms with Crippen LogP contribution < -0.4 is 14.8 Å². The first-order valence-electron chi connectivity index (χ1n) is 6.25. The van der Waals surface area contributed by atoms with E-state index in [4.69, 9.17) is 9.47 Å². The number of anilines is 1. The van der Waals surface area contributed by atoms with Gasteiger partial charge in [0, 0.05) is 17.8 Å². The van der Waals surface area contributed by atoms with Crippen LogP contribution in [0.4, 0.5) is 5.69 Å². The van der Waals surface area contributed by atoms with Gasteiger partial charge in [0.15, 0.2) is 6.61 Å². The van der Waals surface area contributed by atoms with Gasteiger partial charge >= 0.3 is 0 Å². The van der Waals surface area contributed by atoms with E-state index < -0.39 is 0 Å². The molecule has 1 aromatic carbocycles. The van der Waals surface area contributed by atoms with Crippen molar-refractivity contribution in [3.8, 4) is 22.8 Å².